The molecule has 0 aliphatic carbocycles. The van der Waals surface area contributed by atoms with Crippen LogP contribution in [0.25, 0.3) is 0 Å². The first-order chi connectivity index (χ1) is 13.1. The highest BCUT2D eigenvalue weighted by atomic mass is 79.9. The zero-order valence-electron chi connectivity index (χ0n) is 14.9. The van der Waals surface area contributed by atoms with Crippen LogP contribution < -0.4 is 10.6 Å². The van der Waals surface area contributed by atoms with Crippen LogP contribution in [0.2, 0.25) is 0 Å². The van der Waals surface area contributed by atoms with E-state index in [0.717, 1.165) is 59.7 Å². The zero-order valence-corrected chi connectivity index (χ0v) is 16.5. The van der Waals surface area contributed by atoms with Gasteiger partial charge in [-0.15, -0.1) is 0 Å². The number of nitrogens with one attached hydrogen (secondary N) is 2. The topological polar surface area (TPSA) is 75.3 Å². The van der Waals surface area contributed by atoms with Crippen molar-refractivity contribution in [3.05, 3.63) is 68.7 Å². The molecule has 4 rings (SSSR count). The lowest BCUT2D eigenvalue weighted by atomic mass is 10.0. The Hall–Kier alpha value is -2.47. The van der Waals surface area contributed by atoms with E-state index in [1.165, 1.54) is 0 Å². The fourth-order valence-electron chi connectivity index (χ4n) is 3.23. The normalized spacial score (nSPS) is 15.0. The quantitative estimate of drug-likeness (QED) is 0.654. The van der Waals surface area contributed by atoms with Gasteiger partial charge in [-0.25, -0.2) is 0 Å². The number of carbonyl (C=O) groups excluding carboxylic acids is 3. The summed E-state index contributed by atoms with van der Waals surface area (Å²) in [5.74, 6) is -0.0185. The molecule has 2 amide bonds. The summed E-state index contributed by atoms with van der Waals surface area (Å²) in [7, 11) is 0. The van der Waals surface area contributed by atoms with Gasteiger partial charge in [0.15, 0.2) is 0 Å². The van der Waals surface area contributed by atoms with Gasteiger partial charge in [-0.2, -0.15) is 0 Å². The predicted octanol–water partition coefficient (Wildman–Crippen LogP) is 3.94. The SMILES string of the molecule is C.O=C1NCCCc2ccc(Br)cc21.O=Cc1ccc2c(c1)C(=O)NCCC2. The van der Waals surface area contributed by atoms with E-state index >= 15 is 0 Å². The minimum atomic E-state index is -0.0683. The number of benzene rings is 2. The third-order valence-electron chi connectivity index (χ3n) is 4.65. The van der Waals surface area contributed by atoms with Crippen molar-refractivity contribution in [2.24, 2.45) is 0 Å². The van der Waals surface area contributed by atoms with Gasteiger partial charge in [-0.1, -0.05) is 41.6 Å². The van der Waals surface area contributed by atoms with Crippen molar-refractivity contribution in [1.29, 1.82) is 0 Å². The standard InChI is InChI=1S/C11H11NO2.C10H10BrNO.CH4/c13-7-8-3-4-9-2-1-5-12-11(14)10(9)6-8;11-8-4-3-7-2-1-5-12-10(13)9(7)6-8;/h3-4,6-7H,1-2,5H2,(H,12,14);3-4,6H,1-2,5H2,(H,12,13);1H4. The number of halogens is 1. The third kappa shape index (κ3) is 5.29. The van der Waals surface area contributed by atoms with Gasteiger partial charge < -0.3 is 10.6 Å². The summed E-state index contributed by atoms with van der Waals surface area (Å²) in [6, 6.07) is 11.2. The molecule has 0 saturated carbocycles. The molecule has 0 bridgehead atoms. The Morgan fingerprint density at radius 1 is 0.821 bits per heavy atom. The molecule has 0 atom stereocenters. The van der Waals surface area contributed by atoms with Crippen molar-refractivity contribution in [1.82, 2.24) is 10.6 Å². The number of carbonyl (C=O) groups is 3. The second kappa shape index (κ2) is 10.2. The minimum Gasteiger partial charge on any atom is -0.352 e. The number of fused-ring (bicyclic) bond motifs is 2. The maximum Gasteiger partial charge on any atom is 0.251 e. The van der Waals surface area contributed by atoms with Crippen molar-refractivity contribution in [3.8, 4) is 0 Å². The molecular formula is C22H25BrN2O3. The Morgan fingerprint density at radius 2 is 1.36 bits per heavy atom. The number of aldehydes is 1. The first-order valence-electron chi connectivity index (χ1n) is 9.01. The fourth-order valence-corrected chi connectivity index (χ4v) is 3.59. The highest BCUT2D eigenvalue weighted by Gasteiger charge is 2.15. The molecular weight excluding hydrogens is 420 g/mol. The number of amides is 2. The lowest BCUT2D eigenvalue weighted by molar-refractivity contribution is 0.0947. The summed E-state index contributed by atoms with van der Waals surface area (Å²) in [6.07, 6.45) is 4.63. The van der Waals surface area contributed by atoms with E-state index in [4.69, 9.17) is 0 Å². The van der Waals surface area contributed by atoms with Crippen molar-refractivity contribution in [2.45, 2.75) is 33.1 Å². The maximum absolute atomic E-state index is 11.5. The van der Waals surface area contributed by atoms with Crippen molar-refractivity contribution < 1.29 is 14.4 Å². The van der Waals surface area contributed by atoms with E-state index in [1.807, 2.05) is 24.3 Å². The van der Waals surface area contributed by atoms with Gasteiger partial charge in [0.1, 0.15) is 6.29 Å². The molecule has 0 spiro atoms. The van der Waals surface area contributed by atoms with E-state index in [-0.39, 0.29) is 19.2 Å². The molecule has 2 aliphatic rings. The van der Waals surface area contributed by atoms with Crippen LogP contribution >= 0.6 is 15.9 Å². The molecule has 6 heteroatoms. The number of aryl methyl sites for hydroxylation is 2. The van der Waals surface area contributed by atoms with Gasteiger partial charge >= 0.3 is 0 Å². The Labute approximate surface area is 174 Å². The van der Waals surface area contributed by atoms with Crippen LogP contribution in [0, 0.1) is 0 Å². The molecule has 0 saturated heterocycles. The highest BCUT2D eigenvalue weighted by molar-refractivity contribution is 9.10. The summed E-state index contributed by atoms with van der Waals surface area (Å²) < 4.78 is 0.961. The second-order valence-electron chi connectivity index (χ2n) is 6.55. The smallest absolute Gasteiger partial charge is 0.251 e. The minimum absolute atomic E-state index is 0. The zero-order chi connectivity index (χ0) is 19.2. The summed E-state index contributed by atoms with van der Waals surface area (Å²) in [6.45, 7) is 1.50. The van der Waals surface area contributed by atoms with Gasteiger partial charge in [0.2, 0.25) is 0 Å². The molecule has 0 aromatic heterocycles. The van der Waals surface area contributed by atoms with Crippen molar-refractivity contribution in [3.63, 3.8) is 0 Å². The molecule has 0 fully saturated rings. The molecule has 0 unspecified atom stereocenters. The summed E-state index contributed by atoms with van der Waals surface area (Å²) in [5.41, 5.74) is 4.20. The van der Waals surface area contributed by atoms with Gasteiger partial charge in [0, 0.05) is 34.3 Å². The molecule has 2 heterocycles. The van der Waals surface area contributed by atoms with Crippen LogP contribution in [0.4, 0.5) is 0 Å². The van der Waals surface area contributed by atoms with E-state index in [2.05, 4.69) is 26.6 Å². The van der Waals surface area contributed by atoms with Gasteiger partial charge in [0.05, 0.1) is 0 Å². The first kappa shape index (κ1) is 21.8. The number of rotatable bonds is 1. The first-order valence-corrected chi connectivity index (χ1v) is 9.80. The lowest BCUT2D eigenvalue weighted by Gasteiger charge is -2.04. The average Bonchev–Trinajstić information content (AvgIpc) is 2.98. The Balaban J connectivity index is 0.000000194. The predicted molar refractivity (Wildman–Crippen MR) is 114 cm³/mol. The van der Waals surface area contributed by atoms with Crippen LogP contribution in [0.1, 0.15) is 62.5 Å². The molecule has 5 nitrogen and oxygen atoms in total. The average molecular weight is 445 g/mol. The lowest BCUT2D eigenvalue weighted by Crippen LogP contribution is -2.22. The molecule has 2 aliphatic heterocycles. The van der Waals surface area contributed by atoms with E-state index < -0.39 is 0 Å². The van der Waals surface area contributed by atoms with Crippen LogP contribution in [0.5, 0.6) is 0 Å². The summed E-state index contributed by atoms with van der Waals surface area (Å²) >= 11 is 3.36. The largest absolute Gasteiger partial charge is 0.352 e. The molecule has 2 N–H and O–H groups in total. The molecule has 28 heavy (non-hydrogen) atoms. The van der Waals surface area contributed by atoms with Crippen LogP contribution in [0.3, 0.4) is 0 Å². The number of hydrogen-bond acceptors (Lipinski definition) is 3. The van der Waals surface area contributed by atoms with Crippen LogP contribution in [-0.2, 0) is 12.8 Å². The van der Waals surface area contributed by atoms with E-state index in [0.29, 0.717) is 17.7 Å². The van der Waals surface area contributed by atoms with Gasteiger partial charge in [-0.05, 0) is 55.0 Å². The Morgan fingerprint density at radius 3 is 1.93 bits per heavy atom. The number of hydrogen-bond donors (Lipinski definition) is 2. The van der Waals surface area contributed by atoms with Gasteiger partial charge in [0.25, 0.3) is 11.8 Å². The second-order valence-corrected chi connectivity index (χ2v) is 7.47. The van der Waals surface area contributed by atoms with Crippen molar-refractivity contribution in [2.75, 3.05) is 13.1 Å². The monoisotopic (exact) mass is 444 g/mol. The summed E-state index contributed by atoms with van der Waals surface area (Å²) in [4.78, 5) is 33.6. The molecule has 2 aromatic rings. The third-order valence-corrected chi connectivity index (χ3v) is 5.14. The van der Waals surface area contributed by atoms with Crippen LogP contribution in [0.15, 0.2) is 40.9 Å². The maximum atomic E-state index is 11.5. The van der Waals surface area contributed by atoms with E-state index in [1.54, 1.807) is 12.1 Å². The molecule has 0 radical (unpaired) electrons. The van der Waals surface area contributed by atoms with Crippen molar-refractivity contribution >= 4 is 34.0 Å². The molecule has 2 aromatic carbocycles. The van der Waals surface area contributed by atoms with E-state index in [9.17, 15) is 14.4 Å². The molecule has 148 valence electrons. The summed E-state index contributed by atoms with van der Waals surface area (Å²) in [5, 5.41) is 5.67. The highest BCUT2D eigenvalue weighted by Crippen LogP contribution is 2.19. The fraction of sp³-hybridized carbons (Fsp3) is 0.318. The Kier molecular flexibility index (Phi) is 7.93. The Bertz CT molecular complexity index is 880. The van der Waals surface area contributed by atoms with Gasteiger partial charge in [-0.3, -0.25) is 14.4 Å². The van der Waals surface area contributed by atoms with Crippen LogP contribution in [-0.4, -0.2) is 31.2 Å².